The van der Waals surface area contributed by atoms with Crippen LogP contribution in [0.5, 0.6) is 0 Å². The van der Waals surface area contributed by atoms with Gasteiger partial charge in [0.15, 0.2) is 11.9 Å². The van der Waals surface area contributed by atoms with E-state index in [0.29, 0.717) is 41.7 Å². The van der Waals surface area contributed by atoms with Crippen LogP contribution in [0.2, 0.25) is 5.02 Å². The number of benzene rings is 1. The number of aldehydes is 1. The Labute approximate surface area is 250 Å². The molecule has 226 valence electrons. The molecule has 3 aromatic rings. The number of hydrogen-bond donors (Lipinski definition) is 1. The summed E-state index contributed by atoms with van der Waals surface area (Å²) in [4.78, 5) is 43.0. The predicted octanol–water partition coefficient (Wildman–Crippen LogP) is 5.55. The number of halogens is 2. The standard InChI is InChI=1S/C16H13ClFN3O.C15H26N2O3/c1-9(2)12-6-15(10-3-4-14(18)13(17)5-10)20-21-7-11(8-22)19-16(12)21;1-15(2)10-17(9-8-16(15)3)13(18)11-4-6-12(7-5-11)14(19)20/h3-9H,1-2H3;11-12H,4-10H2,1-3H3,(H,19,20). The van der Waals surface area contributed by atoms with Gasteiger partial charge in [-0.2, -0.15) is 5.10 Å². The average molecular weight is 600 g/mol. The molecule has 1 aliphatic heterocycles. The lowest BCUT2D eigenvalue weighted by atomic mass is 9.81. The number of fused-ring (bicyclic) bond motifs is 1. The quantitative estimate of drug-likeness (QED) is 0.383. The van der Waals surface area contributed by atoms with Gasteiger partial charge in [0.2, 0.25) is 5.91 Å². The molecule has 1 saturated heterocycles. The van der Waals surface area contributed by atoms with Crippen LogP contribution in [0.3, 0.4) is 0 Å². The molecular weight excluding hydrogens is 561 g/mol. The van der Waals surface area contributed by atoms with Crippen molar-refractivity contribution in [3.8, 4) is 11.3 Å². The highest BCUT2D eigenvalue weighted by Gasteiger charge is 2.37. The number of likely N-dealkylation sites (N-methyl/N-ethyl adjacent to an activating group) is 1. The maximum Gasteiger partial charge on any atom is 0.306 e. The Kier molecular flexibility index (Phi) is 9.67. The molecule has 1 aromatic carbocycles. The molecule has 9 nitrogen and oxygen atoms in total. The molecule has 0 unspecified atom stereocenters. The minimum absolute atomic E-state index is 0.0200. The van der Waals surface area contributed by atoms with E-state index >= 15 is 0 Å². The number of aliphatic carboxylic acids is 1. The van der Waals surface area contributed by atoms with Crippen molar-refractivity contribution in [3.63, 3.8) is 0 Å². The van der Waals surface area contributed by atoms with Gasteiger partial charge in [-0.25, -0.2) is 13.9 Å². The average Bonchev–Trinajstić information content (AvgIpc) is 3.38. The van der Waals surface area contributed by atoms with Crippen LogP contribution in [0.15, 0.2) is 30.5 Å². The third-order valence-corrected chi connectivity index (χ3v) is 8.77. The second-order valence-electron chi connectivity index (χ2n) is 12.2. The topological polar surface area (TPSA) is 108 Å². The second kappa shape index (κ2) is 12.9. The zero-order valence-electron chi connectivity index (χ0n) is 24.8. The third-order valence-electron chi connectivity index (χ3n) is 8.48. The summed E-state index contributed by atoms with van der Waals surface area (Å²) >= 11 is 5.84. The smallest absolute Gasteiger partial charge is 0.306 e. The highest BCUT2D eigenvalue weighted by Crippen LogP contribution is 2.32. The fraction of sp³-hybridized carbons (Fsp3) is 0.516. The van der Waals surface area contributed by atoms with Gasteiger partial charge in [-0.1, -0.05) is 25.4 Å². The number of carboxylic acids is 1. The number of amides is 1. The van der Waals surface area contributed by atoms with E-state index in [4.69, 9.17) is 16.7 Å². The van der Waals surface area contributed by atoms with Crippen molar-refractivity contribution in [3.05, 3.63) is 52.6 Å². The fourth-order valence-corrected chi connectivity index (χ4v) is 5.75. The van der Waals surface area contributed by atoms with Gasteiger partial charge in [0.25, 0.3) is 0 Å². The van der Waals surface area contributed by atoms with E-state index < -0.39 is 11.8 Å². The van der Waals surface area contributed by atoms with E-state index in [9.17, 15) is 18.8 Å². The lowest BCUT2D eigenvalue weighted by molar-refractivity contribution is -0.147. The second-order valence-corrected chi connectivity index (χ2v) is 12.6. The van der Waals surface area contributed by atoms with Gasteiger partial charge >= 0.3 is 5.97 Å². The molecule has 2 fully saturated rings. The summed E-state index contributed by atoms with van der Waals surface area (Å²) in [5.74, 6) is -0.969. The van der Waals surface area contributed by atoms with Crippen LogP contribution in [0.4, 0.5) is 4.39 Å². The summed E-state index contributed by atoms with van der Waals surface area (Å²) in [7, 11) is 2.10. The molecule has 3 heterocycles. The Morgan fingerprint density at radius 2 is 1.79 bits per heavy atom. The minimum atomic E-state index is -0.711. The molecule has 1 saturated carbocycles. The number of carboxylic acid groups (broad SMARTS) is 1. The van der Waals surface area contributed by atoms with Crippen molar-refractivity contribution >= 4 is 35.4 Å². The molecule has 0 spiro atoms. The van der Waals surface area contributed by atoms with Crippen molar-refractivity contribution in [1.29, 1.82) is 0 Å². The van der Waals surface area contributed by atoms with Gasteiger partial charge in [-0.3, -0.25) is 19.3 Å². The van der Waals surface area contributed by atoms with Crippen LogP contribution in [0.25, 0.3) is 16.9 Å². The van der Waals surface area contributed by atoms with E-state index in [-0.39, 0.29) is 34.2 Å². The van der Waals surface area contributed by atoms with Crippen LogP contribution < -0.4 is 0 Å². The Morgan fingerprint density at radius 3 is 2.36 bits per heavy atom. The molecular formula is C31H39ClFN5O4. The Hall–Kier alpha value is -3.37. The maximum absolute atomic E-state index is 13.3. The van der Waals surface area contributed by atoms with E-state index in [0.717, 1.165) is 38.0 Å². The molecule has 5 rings (SSSR count). The molecule has 1 N–H and O–H groups in total. The minimum Gasteiger partial charge on any atom is -0.481 e. The number of rotatable bonds is 5. The molecule has 2 aromatic heterocycles. The first-order valence-electron chi connectivity index (χ1n) is 14.3. The molecule has 0 bridgehead atoms. The fourth-order valence-electron chi connectivity index (χ4n) is 5.57. The predicted molar refractivity (Wildman–Crippen MR) is 159 cm³/mol. The van der Waals surface area contributed by atoms with Crippen LogP contribution in [0, 0.1) is 17.7 Å². The monoisotopic (exact) mass is 599 g/mol. The third kappa shape index (κ3) is 6.98. The van der Waals surface area contributed by atoms with Gasteiger partial charge in [0, 0.05) is 42.2 Å². The number of carbonyl (C=O) groups excluding carboxylic acids is 2. The Bertz CT molecular complexity index is 1470. The maximum atomic E-state index is 13.3. The molecule has 11 heteroatoms. The van der Waals surface area contributed by atoms with E-state index in [1.807, 2.05) is 24.8 Å². The van der Waals surface area contributed by atoms with Gasteiger partial charge in [0.1, 0.15) is 11.5 Å². The van der Waals surface area contributed by atoms with E-state index in [2.05, 4.69) is 35.9 Å². The number of aromatic nitrogens is 3. The summed E-state index contributed by atoms with van der Waals surface area (Å²) in [6.07, 6.45) is 4.99. The van der Waals surface area contributed by atoms with Gasteiger partial charge in [-0.05, 0) is 76.8 Å². The number of imidazole rings is 1. The first kappa shape index (κ1) is 31.6. The van der Waals surface area contributed by atoms with Gasteiger partial charge in [-0.15, -0.1) is 0 Å². The molecule has 0 atom stereocenters. The SMILES string of the molecule is CC(C)c1cc(-c2ccc(F)c(Cl)c2)nn2cc(C=O)nc12.CN1CCN(C(=O)C2CCC(C(=O)O)CC2)CC1(C)C. The van der Waals surface area contributed by atoms with Crippen LogP contribution in [0.1, 0.15) is 75.3 Å². The van der Waals surface area contributed by atoms with Crippen molar-refractivity contribution in [2.24, 2.45) is 11.8 Å². The number of nitrogens with zero attached hydrogens (tertiary/aromatic N) is 5. The molecule has 1 amide bonds. The van der Waals surface area contributed by atoms with Crippen molar-refractivity contribution in [2.45, 2.75) is 64.8 Å². The van der Waals surface area contributed by atoms with Crippen LogP contribution in [-0.2, 0) is 9.59 Å². The van der Waals surface area contributed by atoms with E-state index in [1.54, 1.807) is 16.8 Å². The lowest BCUT2D eigenvalue weighted by Crippen LogP contribution is -2.59. The summed E-state index contributed by atoms with van der Waals surface area (Å²) in [6.45, 7) is 10.8. The normalized spacial score (nSPS) is 20.7. The number of hydrogen-bond acceptors (Lipinski definition) is 6. The number of carbonyl (C=O) groups is 3. The van der Waals surface area contributed by atoms with Gasteiger partial charge < -0.3 is 10.0 Å². The first-order chi connectivity index (χ1) is 19.8. The zero-order chi connectivity index (χ0) is 30.8. The largest absolute Gasteiger partial charge is 0.481 e. The molecule has 0 radical (unpaired) electrons. The van der Waals surface area contributed by atoms with Crippen LogP contribution >= 0.6 is 11.6 Å². The van der Waals surface area contributed by atoms with Crippen molar-refractivity contribution in [1.82, 2.24) is 24.4 Å². The molecule has 2 aliphatic rings. The zero-order valence-corrected chi connectivity index (χ0v) is 25.6. The highest BCUT2D eigenvalue weighted by atomic mass is 35.5. The summed E-state index contributed by atoms with van der Waals surface area (Å²) in [6, 6.07) is 6.36. The van der Waals surface area contributed by atoms with Crippen LogP contribution in [-0.4, -0.2) is 79.9 Å². The van der Waals surface area contributed by atoms with Gasteiger partial charge in [0.05, 0.1) is 22.8 Å². The van der Waals surface area contributed by atoms with Crippen molar-refractivity contribution < 1.29 is 23.9 Å². The summed E-state index contributed by atoms with van der Waals surface area (Å²) in [5, 5.41) is 13.5. The lowest BCUT2D eigenvalue weighted by Gasteiger charge is -2.46. The first-order valence-corrected chi connectivity index (χ1v) is 14.7. The van der Waals surface area contributed by atoms with E-state index in [1.165, 1.54) is 12.1 Å². The summed E-state index contributed by atoms with van der Waals surface area (Å²) in [5.41, 5.74) is 3.30. The van der Waals surface area contributed by atoms with Crippen molar-refractivity contribution in [2.75, 3.05) is 26.7 Å². The molecule has 1 aliphatic carbocycles. The Balaban J connectivity index is 0.000000194. The molecule has 42 heavy (non-hydrogen) atoms. The Morgan fingerprint density at radius 1 is 1.12 bits per heavy atom. The summed E-state index contributed by atoms with van der Waals surface area (Å²) < 4.78 is 14.9. The number of piperazine rings is 1. The highest BCUT2D eigenvalue weighted by molar-refractivity contribution is 6.31.